The molecule has 18 heavy (non-hydrogen) atoms. The molecule has 1 amide bonds. The van der Waals surface area contributed by atoms with Gasteiger partial charge in [0.25, 0.3) is 5.91 Å². The van der Waals surface area contributed by atoms with Gasteiger partial charge in [-0.05, 0) is 18.1 Å². The molecule has 0 spiro atoms. The van der Waals surface area contributed by atoms with Crippen LogP contribution in [-0.4, -0.2) is 31.3 Å². The Bertz CT molecular complexity index is 438. The monoisotopic (exact) mass is 259 g/mol. The Morgan fingerprint density at radius 1 is 1.50 bits per heavy atom. The summed E-state index contributed by atoms with van der Waals surface area (Å²) in [6.07, 6.45) is 0. The maximum Gasteiger partial charge on any atom is 0.257 e. The predicted molar refractivity (Wildman–Crippen MR) is 61.5 cm³/mol. The quantitative estimate of drug-likeness (QED) is 0.838. The number of nitrogens with one attached hydrogen (secondary N) is 1. The molecule has 1 rings (SSSR count). The molecule has 2 N–H and O–H groups in total. The van der Waals surface area contributed by atoms with Crippen LogP contribution in [-0.2, 0) is 0 Å². The van der Waals surface area contributed by atoms with Crippen molar-refractivity contribution in [1.82, 2.24) is 5.32 Å². The first-order chi connectivity index (χ1) is 8.51. The van der Waals surface area contributed by atoms with E-state index < -0.39 is 23.1 Å². The summed E-state index contributed by atoms with van der Waals surface area (Å²) in [5.41, 5.74) is -0.681. The van der Waals surface area contributed by atoms with Crippen LogP contribution in [0.1, 0.15) is 17.3 Å². The largest absolute Gasteiger partial charge is 0.494 e. The van der Waals surface area contributed by atoms with E-state index in [4.69, 9.17) is 5.11 Å². The Labute approximate surface area is 104 Å². The number of benzene rings is 1. The number of ether oxygens (including phenoxy) is 1. The zero-order chi connectivity index (χ0) is 13.7. The van der Waals surface area contributed by atoms with Gasteiger partial charge in [0, 0.05) is 13.2 Å². The average Bonchev–Trinajstić information content (AvgIpc) is 2.36. The molecule has 1 aromatic carbocycles. The predicted octanol–water partition coefficient (Wildman–Crippen LogP) is 1.33. The number of aliphatic hydroxyl groups is 1. The fourth-order valence-electron chi connectivity index (χ4n) is 1.32. The lowest BCUT2D eigenvalue weighted by atomic mass is 10.1. The highest BCUT2D eigenvalue weighted by molar-refractivity contribution is 5.95. The topological polar surface area (TPSA) is 58.6 Å². The van der Waals surface area contributed by atoms with Gasteiger partial charge in [-0.2, -0.15) is 0 Å². The molecule has 1 aromatic rings. The van der Waals surface area contributed by atoms with Crippen molar-refractivity contribution in [2.24, 2.45) is 5.92 Å². The fourth-order valence-corrected chi connectivity index (χ4v) is 1.32. The number of rotatable bonds is 5. The van der Waals surface area contributed by atoms with Gasteiger partial charge in [-0.1, -0.05) is 6.92 Å². The lowest BCUT2D eigenvalue weighted by molar-refractivity contribution is 0.0933. The Hall–Kier alpha value is -1.69. The Balaban J connectivity index is 2.91. The van der Waals surface area contributed by atoms with Gasteiger partial charge in [0.05, 0.1) is 7.11 Å². The first kappa shape index (κ1) is 14.4. The van der Waals surface area contributed by atoms with Crippen molar-refractivity contribution < 1.29 is 23.4 Å². The van der Waals surface area contributed by atoms with E-state index in [2.05, 4.69) is 10.1 Å². The minimum absolute atomic E-state index is 0.122. The summed E-state index contributed by atoms with van der Waals surface area (Å²) < 4.78 is 31.8. The van der Waals surface area contributed by atoms with Gasteiger partial charge in [-0.25, -0.2) is 8.78 Å². The summed E-state index contributed by atoms with van der Waals surface area (Å²) in [6, 6.07) is 2.07. The lowest BCUT2D eigenvalue weighted by Crippen LogP contribution is -2.31. The van der Waals surface area contributed by atoms with Gasteiger partial charge in [-0.15, -0.1) is 0 Å². The number of methoxy groups -OCH3 is 1. The average molecular weight is 259 g/mol. The van der Waals surface area contributed by atoms with Gasteiger partial charge in [0.15, 0.2) is 11.6 Å². The molecule has 1 unspecified atom stereocenters. The van der Waals surface area contributed by atoms with Gasteiger partial charge in [0.1, 0.15) is 11.4 Å². The van der Waals surface area contributed by atoms with Gasteiger partial charge < -0.3 is 15.2 Å². The first-order valence-corrected chi connectivity index (χ1v) is 5.42. The van der Waals surface area contributed by atoms with Gasteiger partial charge in [0.2, 0.25) is 0 Å². The van der Waals surface area contributed by atoms with Crippen LogP contribution in [0.4, 0.5) is 8.78 Å². The molecular formula is C12H15F2NO3. The summed E-state index contributed by atoms with van der Waals surface area (Å²) in [6.45, 7) is 1.70. The normalized spacial score (nSPS) is 12.1. The molecule has 6 heteroatoms. The van der Waals surface area contributed by atoms with E-state index in [0.29, 0.717) is 0 Å². The number of hydrogen-bond donors (Lipinski definition) is 2. The number of aliphatic hydroxyl groups excluding tert-OH is 1. The standard InChI is InChI=1S/C12H15F2NO3/c1-7(6-16)5-15-12(17)10-8(13)3-4-9(18-2)11(10)14/h3-4,7,16H,5-6H2,1-2H3,(H,15,17). The molecule has 0 aliphatic heterocycles. The summed E-state index contributed by atoms with van der Waals surface area (Å²) in [4.78, 5) is 11.6. The second kappa shape index (κ2) is 6.30. The van der Waals surface area contributed by atoms with E-state index in [9.17, 15) is 13.6 Å². The third-order valence-corrected chi connectivity index (χ3v) is 2.43. The van der Waals surface area contributed by atoms with E-state index in [-0.39, 0.29) is 24.8 Å². The molecule has 0 aliphatic carbocycles. The molecule has 0 aromatic heterocycles. The van der Waals surface area contributed by atoms with Gasteiger partial charge >= 0.3 is 0 Å². The van der Waals surface area contributed by atoms with Crippen LogP contribution in [0.25, 0.3) is 0 Å². The number of amides is 1. The van der Waals surface area contributed by atoms with Crippen molar-refractivity contribution in [3.63, 3.8) is 0 Å². The minimum atomic E-state index is -1.04. The van der Waals surface area contributed by atoms with Crippen molar-refractivity contribution in [2.75, 3.05) is 20.3 Å². The Morgan fingerprint density at radius 3 is 2.72 bits per heavy atom. The highest BCUT2D eigenvalue weighted by atomic mass is 19.1. The second-order valence-electron chi connectivity index (χ2n) is 3.94. The zero-order valence-corrected chi connectivity index (χ0v) is 10.2. The van der Waals surface area contributed by atoms with Crippen LogP contribution in [0.2, 0.25) is 0 Å². The van der Waals surface area contributed by atoms with Crippen LogP contribution in [0.15, 0.2) is 12.1 Å². The molecule has 100 valence electrons. The van der Waals surface area contributed by atoms with Crippen molar-refractivity contribution in [3.8, 4) is 5.75 Å². The number of carbonyl (C=O) groups is 1. The van der Waals surface area contributed by atoms with E-state index in [0.717, 1.165) is 12.1 Å². The lowest BCUT2D eigenvalue weighted by Gasteiger charge is -2.11. The van der Waals surface area contributed by atoms with Crippen molar-refractivity contribution in [2.45, 2.75) is 6.92 Å². The first-order valence-electron chi connectivity index (χ1n) is 5.42. The summed E-state index contributed by atoms with van der Waals surface area (Å²) in [5.74, 6) is -3.25. The maximum absolute atomic E-state index is 13.7. The van der Waals surface area contributed by atoms with E-state index >= 15 is 0 Å². The minimum Gasteiger partial charge on any atom is -0.494 e. The molecule has 0 fully saturated rings. The maximum atomic E-state index is 13.7. The van der Waals surface area contributed by atoms with Crippen LogP contribution in [0.3, 0.4) is 0 Å². The number of hydrogen-bond acceptors (Lipinski definition) is 3. The van der Waals surface area contributed by atoms with E-state index in [1.165, 1.54) is 7.11 Å². The fraction of sp³-hybridized carbons (Fsp3) is 0.417. The smallest absolute Gasteiger partial charge is 0.257 e. The SMILES string of the molecule is COc1ccc(F)c(C(=O)NCC(C)CO)c1F. The van der Waals surface area contributed by atoms with Crippen LogP contribution in [0.5, 0.6) is 5.75 Å². The highest BCUT2D eigenvalue weighted by Crippen LogP contribution is 2.22. The van der Waals surface area contributed by atoms with E-state index in [1.54, 1.807) is 6.92 Å². The van der Waals surface area contributed by atoms with Crippen LogP contribution >= 0.6 is 0 Å². The molecule has 1 atom stereocenters. The van der Waals surface area contributed by atoms with Crippen molar-refractivity contribution in [3.05, 3.63) is 29.3 Å². The molecule has 0 bridgehead atoms. The molecule has 0 heterocycles. The highest BCUT2D eigenvalue weighted by Gasteiger charge is 2.21. The Kier molecular flexibility index (Phi) is 5.03. The van der Waals surface area contributed by atoms with Crippen LogP contribution < -0.4 is 10.1 Å². The molecule has 0 saturated carbocycles. The molecule has 0 saturated heterocycles. The second-order valence-corrected chi connectivity index (χ2v) is 3.94. The van der Waals surface area contributed by atoms with Crippen molar-refractivity contribution in [1.29, 1.82) is 0 Å². The van der Waals surface area contributed by atoms with E-state index in [1.807, 2.05) is 0 Å². The third kappa shape index (κ3) is 3.16. The number of carbonyl (C=O) groups excluding carboxylic acids is 1. The zero-order valence-electron chi connectivity index (χ0n) is 10.2. The number of halogens is 2. The Morgan fingerprint density at radius 2 is 2.17 bits per heavy atom. The molecule has 0 radical (unpaired) electrons. The van der Waals surface area contributed by atoms with Crippen LogP contribution in [0, 0.1) is 17.6 Å². The molecule has 4 nitrogen and oxygen atoms in total. The molecule has 0 aliphatic rings. The molecular weight excluding hydrogens is 244 g/mol. The summed E-state index contributed by atoms with van der Waals surface area (Å²) in [5, 5.41) is 11.1. The van der Waals surface area contributed by atoms with Crippen molar-refractivity contribution >= 4 is 5.91 Å². The third-order valence-electron chi connectivity index (χ3n) is 2.43. The summed E-state index contributed by atoms with van der Waals surface area (Å²) >= 11 is 0. The summed E-state index contributed by atoms with van der Waals surface area (Å²) in [7, 11) is 1.23. The van der Waals surface area contributed by atoms with Gasteiger partial charge in [-0.3, -0.25) is 4.79 Å².